The highest BCUT2D eigenvalue weighted by atomic mass is 19.4. The van der Waals surface area contributed by atoms with E-state index in [9.17, 15) is 18.3 Å². The van der Waals surface area contributed by atoms with E-state index >= 15 is 0 Å². The van der Waals surface area contributed by atoms with Crippen LogP contribution in [-0.4, -0.2) is 5.11 Å². The summed E-state index contributed by atoms with van der Waals surface area (Å²) in [6.07, 6.45) is -2.77. The predicted molar refractivity (Wildman–Crippen MR) is 58.8 cm³/mol. The van der Waals surface area contributed by atoms with E-state index in [0.717, 1.165) is 6.07 Å². The Morgan fingerprint density at radius 1 is 1.17 bits per heavy atom. The van der Waals surface area contributed by atoms with Crippen LogP contribution in [0.5, 0.6) is 0 Å². The van der Waals surface area contributed by atoms with Gasteiger partial charge in [0.15, 0.2) is 0 Å². The van der Waals surface area contributed by atoms with Crippen molar-refractivity contribution in [1.29, 1.82) is 0 Å². The molecule has 0 aliphatic heterocycles. The molecular formula is C13H11F3O2. The summed E-state index contributed by atoms with van der Waals surface area (Å²) in [6.45, 7) is 0. The molecule has 2 aromatic rings. The van der Waals surface area contributed by atoms with E-state index in [1.165, 1.54) is 30.7 Å². The van der Waals surface area contributed by atoms with E-state index in [4.69, 9.17) is 4.42 Å². The highest BCUT2D eigenvalue weighted by Crippen LogP contribution is 2.35. The quantitative estimate of drug-likeness (QED) is 0.910. The van der Waals surface area contributed by atoms with Crippen molar-refractivity contribution in [3.63, 3.8) is 0 Å². The lowest BCUT2D eigenvalue weighted by Gasteiger charge is -2.16. The average molecular weight is 256 g/mol. The summed E-state index contributed by atoms with van der Waals surface area (Å²) < 4.78 is 43.1. The molecule has 0 radical (unpaired) electrons. The Hall–Kier alpha value is -1.75. The minimum Gasteiger partial charge on any atom is -0.472 e. The van der Waals surface area contributed by atoms with Gasteiger partial charge in [-0.05, 0) is 23.3 Å². The third-order valence-corrected chi connectivity index (χ3v) is 2.63. The minimum absolute atomic E-state index is 0.0869. The molecule has 2 rings (SSSR count). The number of furan rings is 1. The summed E-state index contributed by atoms with van der Waals surface area (Å²) in [4.78, 5) is 0. The van der Waals surface area contributed by atoms with Crippen LogP contribution in [0.15, 0.2) is 47.3 Å². The van der Waals surface area contributed by atoms with Gasteiger partial charge in [-0.25, -0.2) is 0 Å². The standard InChI is InChI=1S/C13H11F3O2/c14-13(15,16)11-4-2-1-3-10(11)12(17)7-9-5-6-18-8-9/h1-6,8,12,17H,7H2. The van der Waals surface area contributed by atoms with Gasteiger partial charge in [-0.3, -0.25) is 0 Å². The van der Waals surface area contributed by atoms with Crippen molar-refractivity contribution in [3.05, 3.63) is 59.5 Å². The fraction of sp³-hybridized carbons (Fsp3) is 0.231. The molecule has 1 unspecified atom stereocenters. The molecule has 2 nitrogen and oxygen atoms in total. The number of halogens is 3. The van der Waals surface area contributed by atoms with Gasteiger partial charge < -0.3 is 9.52 Å². The van der Waals surface area contributed by atoms with Gasteiger partial charge in [0.2, 0.25) is 0 Å². The minimum atomic E-state index is -4.46. The molecule has 1 N–H and O–H groups in total. The van der Waals surface area contributed by atoms with Crippen LogP contribution in [0.4, 0.5) is 13.2 Å². The molecule has 18 heavy (non-hydrogen) atoms. The van der Waals surface area contributed by atoms with Crippen molar-refractivity contribution in [3.8, 4) is 0 Å². The number of hydrogen-bond donors (Lipinski definition) is 1. The van der Waals surface area contributed by atoms with Gasteiger partial charge in [0, 0.05) is 6.42 Å². The molecule has 0 saturated carbocycles. The largest absolute Gasteiger partial charge is 0.472 e. The number of alkyl halides is 3. The monoisotopic (exact) mass is 256 g/mol. The summed E-state index contributed by atoms with van der Waals surface area (Å²) in [5.41, 5.74) is -0.272. The molecular weight excluding hydrogens is 245 g/mol. The summed E-state index contributed by atoms with van der Waals surface area (Å²) in [7, 11) is 0. The molecule has 0 bridgehead atoms. The highest BCUT2D eigenvalue weighted by Gasteiger charge is 2.34. The molecule has 0 saturated heterocycles. The Kier molecular flexibility index (Phi) is 3.43. The summed E-state index contributed by atoms with van der Waals surface area (Å²) in [5.74, 6) is 0. The zero-order valence-electron chi connectivity index (χ0n) is 9.32. The first kappa shape index (κ1) is 12.7. The molecule has 0 aliphatic rings. The maximum atomic E-state index is 12.8. The smallest absolute Gasteiger partial charge is 0.416 e. The van der Waals surface area contributed by atoms with Gasteiger partial charge in [0.1, 0.15) is 0 Å². The van der Waals surface area contributed by atoms with Crippen molar-refractivity contribution >= 4 is 0 Å². The van der Waals surface area contributed by atoms with E-state index in [0.29, 0.717) is 5.56 Å². The molecule has 0 spiro atoms. The third kappa shape index (κ3) is 2.73. The summed E-state index contributed by atoms with van der Waals surface area (Å²) in [6, 6.07) is 6.64. The first-order chi connectivity index (χ1) is 8.48. The molecule has 1 heterocycles. The molecule has 5 heteroatoms. The Bertz CT molecular complexity index is 503. The third-order valence-electron chi connectivity index (χ3n) is 2.63. The molecule has 0 aliphatic carbocycles. The van der Waals surface area contributed by atoms with E-state index in [-0.39, 0.29) is 12.0 Å². The lowest BCUT2D eigenvalue weighted by molar-refractivity contribution is -0.139. The van der Waals surface area contributed by atoms with Gasteiger partial charge >= 0.3 is 6.18 Å². The van der Waals surface area contributed by atoms with Gasteiger partial charge in [0.25, 0.3) is 0 Å². The van der Waals surface area contributed by atoms with Gasteiger partial charge in [-0.2, -0.15) is 13.2 Å². The van der Waals surface area contributed by atoms with Crippen LogP contribution in [-0.2, 0) is 12.6 Å². The van der Waals surface area contributed by atoms with Crippen LogP contribution in [0.3, 0.4) is 0 Å². The maximum Gasteiger partial charge on any atom is 0.416 e. The second kappa shape index (κ2) is 4.86. The number of rotatable bonds is 3. The van der Waals surface area contributed by atoms with Crippen LogP contribution in [0.25, 0.3) is 0 Å². The number of aliphatic hydroxyl groups is 1. The summed E-state index contributed by atoms with van der Waals surface area (Å²) in [5, 5.41) is 9.89. The molecule has 1 atom stereocenters. The van der Waals surface area contributed by atoms with Crippen LogP contribution in [0, 0.1) is 0 Å². The maximum absolute atomic E-state index is 12.8. The second-order valence-electron chi connectivity index (χ2n) is 3.94. The van der Waals surface area contributed by atoms with Crippen LogP contribution in [0.2, 0.25) is 0 Å². The molecule has 1 aromatic carbocycles. The average Bonchev–Trinajstić information content (AvgIpc) is 2.80. The fourth-order valence-corrected chi connectivity index (χ4v) is 1.79. The number of benzene rings is 1. The van der Waals surface area contributed by atoms with Gasteiger partial charge in [0.05, 0.1) is 24.2 Å². The Balaban J connectivity index is 2.27. The molecule has 1 aromatic heterocycles. The lowest BCUT2D eigenvalue weighted by atomic mass is 9.98. The Labute approximate surface area is 102 Å². The van der Waals surface area contributed by atoms with E-state index < -0.39 is 17.8 Å². The first-order valence-corrected chi connectivity index (χ1v) is 5.34. The van der Waals surface area contributed by atoms with Crippen molar-refractivity contribution < 1.29 is 22.7 Å². The van der Waals surface area contributed by atoms with Gasteiger partial charge in [-0.1, -0.05) is 18.2 Å². The van der Waals surface area contributed by atoms with E-state index in [1.54, 1.807) is 6.07 Å². The zero-order valence-corrected chi connectivity index (χ0v) is 9.32. The van der Waals surface area contributed by atoms with E-state index in [2.05, 4.69) is 0 Å². The van der Waals surface area contributed by atoms with Crippen LogP contribution < -0.4 is 0 Å². The fourth-order valence-electron chi connectivity index (χ4n) is 1.79. The highest BCUT2D eigenvalue weighted by molar-refractivity contribution is 5.32. The zero-order chi connectivity index (χ0) is 13.2. The topological polar surface area (TPSA) is 33.4 Å². The van der Waals surface area contributed by atoms with Crippen molar-refractivity contribution in [2.45, 2.75) is 18.7 Å². The lowest BCUT2D eigenvalue weighted by Crippen LogP contribution is -2.13. The van der Waals surface area contributed by atoms with Crippen LogP contribution >= 0.6 is 0 Å². The SMILES string of the molecule is OC(Cc1ccoc1)c1ccccc1C(F)(F)F. The molecule has 0 amide bonds. The second-order valence-corrected chi connectivity index (χ2v) is 3.94. The van der Waals surface area contributed by atoms with Crippen LogP contribution in [0.1, 0.15) is 22.8 Å². The van der Waals surface area contributed by atoms with Gasteiger partial charge in [-0.15, -0.1) is 0 Å². The number of hydrogen-bond acceptors (Lipinski definition) is 2. The Morgan fingerprint density at radius 2 is 1.89 bits per heavy atom. The molecule has 96 valence electrons. The summed E-state index contributed by atoms with van der Waals surface area (Å²) >= 11 is 0. The van der Waals surface area contributed by atoms with Crippen molar-refractivity contribution in [2.24, 2.45) is 0 Å². The Morgan fingerprint density at radius 3 is 2.50 bits per heavy atom. The number of aliphatic hydroxyl groups excluding tert-OH is 1. The first-order valence-electron chi connectivity index (χ1n) is 5.34. The predicted octanol–water partition coefficient (Wildman–Crippen LogP) is 3.57. The normalized spacial score (nSPS) is 13.6. The van der Waals surface area contributed by atoms with E-state index in [1.807, 2.05) is 0 Å². The molecule has 0 fully saturated rings. The van der Waals surface area contributed by atoms with Crippen molar-refractivity contribution in [2.75, 3.05) is 0 Å². The van der Waals surface area contributed by atoms with Crippen molar-refractivity contribution in [1.82, 2.24) is 0 Å².